The van der Waals surface area contributed by atoms with Crippen molar-refractivity contribution in [1.29, 1.82) is 0 Å². The first kappa shape index (κ1) is 21.4. The fourth-order valence-corrected chi connectivity index (χ4v) is 4.87. The Morgan fingerprint density at radius 2 is 1.79 bits per heavy atom. The van der Waals surface area contributed by atoms with Crippen LogP contribution in [-0.2, 0) is 16.0 Å². The van der Waals surface area contributed by atoms with E-state index in [-0.39, 0.29) is 17.6 Å². The highest BCUT2D eigenvalue weighted by Gasteiger charge is 2.41. The van der Waals surface area contributed by atoms with Crippen LogP contribution in [0.1, 0.15) is 11.1 Å². The highest BCUT2D eigenvalue weighted by Crippen LogP contribution is 2.35. The molecule has 0 radical (unpaired) electrons. The second kappa shape index (κ2) is 9.21. The molecule has 0 saturated carbocycles. The van der Waals surface area contributed by atoms with Gasteiger partial charge in [0.2, 0.25) is 5.91 Å². The van der Waals surface area contributed by atoms with Crippen molar-refractivity contribution in [3.8, 4) is 0 Å². The number of carbonyl (C=O) groups excluding carboxylic acids is 2. The SMILES string of the molecule is O=C(CSC1=Nc2ccccc2C2=NC(=O)C(Cc3ccccc3)N12)Nc1cccc(Cl)c1. The van der Waals surface area contributed by atoms with Gasteiger partial charge in [0.05, 0.1) is 11.4 Å². The second-order valence-corrected chi connectivity index (χ2v) is 8.99. The van der Waals surface area contributed by atoms with E-state index >= 15 is 0 Å². The lowest BCUT2D eigenvalue weighted by molar-refractivity contribution is -0.119. The van der Waals surface area contributed by atoms with Crippen LogP contribution >= 0.6 is 23.4 Å². The zero-order chi connectivity index (χ0) is 22.8. The van der Waals surface area contributed by atoms with Gasteiger partial charge in [-0.15, -0.1) is 0 Å². The van der Waals surface area contributed by atoms with Crippen molar-refractivity contribution in [3.05, 3.63) is 95.0 Å². The number of nitrogens with one attached hydrogen (secondary N) is 1. The van der Waals surface area contributed by atoms with Crippen LogP contribution in [0.5, 0.6) is 0 Å². The molecule has 6 nitrogen and oxygen atoms in total. The standard InChI is InChI=1S/C25H19ClN4O2S/c26-17-9-6-10-18(14-17)27-22(31)15-33-25-28-20-12-5-4-11-19(20)23-29-24(32)21(30(23)25)13-16-7-2-1-3-8-16/h1-12,14,21H,13,15H2,(H,27,31). The molecule has 3 aromatic rings. The number of amidine groups is 2. The number of halogens is 1. The monoisotopic (exact) mass is 474 g/mol. The number of aliphatic imine (C=N–C) groups is 2. The minimum atomic E-state index is -0.502. The number of fused-ring (bicyclic) bond motifs is 3. The van der Waals surface area contributed by atoms with E-state index in [1.165, 1.54) is 11.8 Å². The van der Waals surface area contributed by atoms with Crippen molar-refractivity contribution in [2.24, 2.45) is 9.98 Å². The molecule has 2 heterocycles. The van der Waals surface area contributed by atoms with Gasteiger partial charge in [-0.1, -0.05) is 71.9 Å². The van der Waals surface area contributed by atoms with Crippen LogP contribution in [0.3, 0.4) is 0 Å². The Morgan fingerprint density at radius 1 is 1.00 bits per heavy atom. The summed E-state index contributed by atoms with van der Waals surface area (Å²) in [7, 11) is 0. The number of para-hydroxylation sites is 1. The first-order valence-electron chi connectivity index (χ1n) is 10.4. The Morgan fingerprint density at radius 3 is 2.61 bits per heavy atom. The fourth-order valence-electron chi connectivity index (χ4n) is 3.83. The van der Waals surface area contributed by atoms with Gasteiger partial charge in [0.15, 0.2) is 5.17 Å². The van der Waals surface area contributed by atoms with E-state index in [1.54, 1.807) is 24.3 Å². The summed E-state index contributed by atoms with van der Waals surface area (Å²) in [6.45, 7) is 0. The number of anilines is 1. The third-order valence-electron chi connectivity index (χ3n) is 5.32. The van der Waals surface area contributed by atoms with Crippen molar-refractivity contribution in [2.75, 3.05) is 11.1 Å². The lowest BCUT2D eigenvalue weighted by atomic mass is 10.0. The lowest BCUT2D eigenvalue weighted by Crippen LogP contribution is -2.45. The van der Waals surface area contributed by atoms with Crippen molar-refractivity contribution in [2.45, 2.75) is 12.5 Å². The molecule has 0 fully saturated rings. The summed E-state index contributed by atoms with van der Waals surface area (Å²) in [5.74, 6) is 0.322. The van der Waals surface area contributed by atoms with E-state index in [4.69, 9.17) is 16.6 Å². The maximum atomic E-state index is 12.9. The largest absolute Gasteiger partial charge is 0.325 e. The molecule has 164 valence electrons. The van der Waals surface area contributed by atoms with E-state index in [9.17, 15) is 9.59 Å². The Balaban J connectivity index is 1.39. The average molecular weight is 475 g/mol. The van der Waals surface area contributed by atoms with Gasteiger partial charge in [0, 0.05) is 22.7 Å². The van der Waals surface area contributed by atoms with Crippen molar-refractivity contribution in [3.63, 3.8) is 0 Å². The third kappa shape index (κ3) is 4.55. The van der Waals surface area contributed by atoms with Crippen molar-refractivity contribution < 1.29 is 9.59 Å². The van der Waals surface area contributed by atoms with Gasteiger partial charge in [-0.05, 0) is 35.9 Å². The molecule has 1 N–H and O–H groups in total. The van der Waals surface area contributed by atoms with Crippen molar-refractivity contribution in [1.82, 2.24) is 4.90 Å². The molecule has 1 atom stereocenters. The molecule has 0 bridgehead atoms. The molecular weight excluding hydrogens is 456 g/mol. The highest BCUT2D eigenvalue weighted by atomic mass is 35.5. The summed E-state index contributed by atoms with van der Waals surface area (Å²) in [6, 6.07) is 23.9. The molecule has 5 rings (SSSR count). The van der Waals surface area contributed by atoms with E-state index in [0.717, 1.165) is 16.8 Å². The third-order valence-corrected chi connectivity index (χ3v) is 6.51. The van der Waals surface area contributed by atoms with E-state index in [2.05, 4.69) is 10.3 Å². The van der Waals surface area contributed by atoms with Gasteiger partial charge < -0.3 is 5.32 Å². The summed E-state index contributed by atoms with van der Waals surface area (Å²) in [5, 5.41) is 3.98. The number of nitrogens with zero attached hydrogens (tertiary/aromatic N) is 3. The van der Waals surface area contributed by atoms with Crippen LogP contribution in [0.2, 0.25) is 5.02 Å². The van der Waals surface area contributed by atoms with Crippen molar-refractivity contribution >= 4 is 57.6 Å². The zero-order valence-electron chi connectivity index (χ0n) is 17.4. The molecule has 2 aliphatic rings. The van der Waals surface area contributed by atoms with Gasteiger partial charge in [-0.25, -0.2) is 4.99 Å². The topological polar surface area (TPSA) is 74.1 Å². The number of hydrogen-bond acceptors (Lipinski definition) is 5. The summed E-state index contributed by atoms with van der Waals surface area (Å²) < 4.78 is 0. The predicted molar refractivity (Wildman–Crippen MR) is 133 cm³/mol. The Kier molecular flexibility index (Phi) is 5.98. The maximum absolute atomic E-state index is 12.9. The second-order valence-electron chi connectivity index (χ2n) is 7.61. The van der Waals surface area contributed by atoms with E-state index < -0.39 is 6.04 Å². The molecular formula is C25H19ClN4O2S. The molecule has 33 heavy (non-hydrogen) atoms. The highest BCUT2D eigenvalue weighted by molar-refractivity contribution is 8.14. The Bertz CT molecular complexity index is 1290. The van der Waals surface area contributed by atoms with Gasteiger partial charge in [0.1, 0.15) is 11.9 Å². The molecule has 0 aliphatic carbocycles. The predicted octanol–water partition coefficient (Wildman–Crippen LogP) is 4.91. The fraction of sp³-hybridized carbons (Fsp3) is 0.120. The Labute approximate surface area is 200 Å². The average Bonchev–Trinajstić information content (AvgIpc) is 3.14. The maximum Gasteiger partial charge on any atom is 0.271 e. The number of benzene rings is 3. The number of amides is 2. The van der Waals surface area contributed by atoms with Crippen LogP contribution in [0.15, 0.2) is 88.8 Å². The van der Waals surface area contributed by atoms with Gasteiger partial charge in [0.25, 0.3) is 5.91 Å². The van der Waals surface area contributed by atoms with Crippen LogP contribution in [0.25, 0.3) is 0 Å². The number of carbonyl (C=O) groups is 2. The first-order chi connectivity index (χ1) is 16.1. The minimum Gasteiger partial charge on any atom is -0.325 e. The number of thioether (sulfide) groups is 1. The first-order valence-corrected chi connectivity index (χ1v) is 11.8. The van der Waals surface area contributed by atoms with Crippen LogP contribution in [0, 0.1) is 0 Å². The molecule has 0 spiro atoms. The molecule has 8 heteroatoms. The molecule has 0 saturated heterocycles. The minimum absolute atomic E-state index is 0.129. The molecule has 3 aromatic carbocycles. The summed E-state index contributed by atoms with van der Waals surface area (Å²) >= 11 is 7.29. The van der Waals surface area contributed by atoms with Crippen LogP contribution < -0.4 is 5.32 Å². The van der Waals surface area contributed by atoms with E-state index in [1.807, 2.05) is 59.5 Å². The molecule has 0 aromatic heterocycles. The summed E-state index contributed by atoms with van der Waals surface area (Å²) in [6.07, 6.45) is 0.503. The zero-order valence-corrected chi connectivity index (χ0v) is 19.0. The van der Waals surface area contributed by atoms with Crippen LogP contribution in [0.4, 0.5) is 11.4 Å². The van der Waals surface area contributed by atoms with Gasteiger partial charge in [-0.3, -0.25) is 14.5 Å². The Hall–Kier alpha value is -3.42. The van der Waals surface area contributed by atoms with Crippen LogP contribution in [-0.4, -0.2) is 39.5 Å². The smallest absolute Gasteiger partial charge is 0.271 e. The quantitative estimate of drug-likeness (QED) is 0.570. The number of hydrogen-bond donors (Lipinski definition) is 1. The number of rotatable bonds is 5. The summed E-state index contributed by atoms with van der Waals surface area (Å²) in [4.78, 5) is 36.5. The van der Waals surface area contributed by atoms with Gasteiger partial charge >= 0.3 is 0 Å². The van der Waals surface area contributed by atoms with E-state index in [0.29, 0.717) is 28.1 Å². The normalized spacial score (nSPS) is 16.6. The molecule has 2 aliphatic heterocycles. The molecule has 1 unspecified atom stereocenters. The lowest BCUT2D eigenvalue weighted by Gasteiger charge is -2.31. The summed E-state index contributed by atoms with van der Waals surface area (Å²) in [5.41, 5.74) is 3.21. The molecule has 2 amide bonds. The van der Waals surface area contributed by atoms with Gasteiger partial charge in [-0.2, -0.15) is 4.99 Å².